The molecule has 0 saturated heterocycles. The molecule has 0 atom stereocenters. The van der Waals surface area contributed by atoms with E-state index < -0.39 is 0 Å². The molecule has 0 unspecified atom stereocenters. The van der Waals surface area contributed by atoms with E-state index in [4.69, 9.17) is 16.0 Å². The zero-order valence-electron chi connectivity index (χ0n) is 12.1. The first-order chi connectivity index (χ1) is 10.5. The van der Waals surface area contributed by atoms with Crippen molar-refractivity contribution in [2.75, 3.05) is 5.32 Å². The number of hydrogen-bond acceptors (Lipinski definition) is 5. The summed E-state index contributed by atoms with van der Waals surface area (Å²) in [5.41, 5.74) is 0.618. The third-order valence-electron chi connectivity index (χ3n) is 2.97. The summed E-state index contributed by atoms with van der Waals surface area (Å²) < 4.78 is 5.51. The van der Waals surface area contributed by atoms with Gasteiger partial charge in [0.15, 0.2) is 5.76 Å². The molecule has 3 aromatic rings. The van der Waals surface area contributed by atoms with Crippen LogP contribution in [-0.4, -0.2) is 16.1 Å². The largest absolute Gasteiger partial charge is 0.451 e. The van der Waals surface area contributed by atoms with Gasteiger partial charge in [-0.1, -0.05) is 36.8 Å². The van der Waals surface area contributed by atoms with E-state index in [-0.39, 0.29) is 11.7 Å². The Hall–Kier alpha value is -1.92. The topological polar surface area (TPSA) is 68.0 Å². The molecular weight excluding hydrogens is 322 g/mol. The van der Waals surface area contributed by atoms with E-state index >= 15 is 0 Å². The minimum absolute atomic E-state index is 0.220. The lowest BCUT2D eigenvalue weighted by molar-refractivity contribution is 0.0998. The Morgan fingerprint density at radius 2 is 2.18 bits per heavy atom. The van der Waals surface area contributed by atoms with Crippen LogP contribution in [0.3, 0.4) is 0 Å². The summed E-state index contributed by atoms with van der Waals surface area (Å²) in [5, 5.41) is 13.5. The average Bonchev–Trinajstić information content (AvgIpc) is 3.04. The van der Waals surface area contributed by atoms with Crippen molar-refractivity contribution in [3.05, 3.63) is 40.1 Å². The molecular formula is C15H14ClN3O2S. The minimum Gasteiger partial charge on any atom is -0.451 e. The van der Waals surface area contributed by atoms with Crippen molar-refractivity contribution >= 4 is 44.9 Å². The lowest BCUT2D eigenvalue weighted by Gasteiger charge is -1.98. The molecule has 1 amide bonds. The van der Waals surface area contributed by atoms with E-state index in [2.05, 4.69) is 29.4 Å². The maximum absolute atomic E-state index is 12.2. The van der Waals surface area contributed by atoms with Gasteiger partial charge in [0.2, 0.25) is 5.13 Å². The van der Waals surface area contributed by atoms with Crippen molar-refractivity contribution in [3.8, 4) is 0 Å². The molecule has 0 saturated carbocycles. The van der Waals surface area contributed by atoms with Gasteiger partial charge in [-0.2, -0.15) is 0 Å². The van der Waals surface area contributed by atoms with Gasteiger partial charge in [-0.25, -0.2) is 0 Å². The summed E-state index contributed by atoms with van der Waals surface area (Å²) in [6.07, 6.45) is 0.844. The molecule has 0 aliphatic carbocycles. The Labute approximate surface area is 136 Å². The number of carbonyl (C=O) groups excluding carboxylic acids is 1. The van der Waals surface area contributed by atoms with E-state index in [0.29, 0.717) is 21.7 Å². The van der Waals surface area contributed by atoms with Gasteiger partial charge in [0.25, 0.3) is 5.91 Å². The highest BCUT2D eigenvalue weighted by molar-refractivity contribution is 7.15. The zero-order chi connectivity index (χ0) is 15.7. The fraction of sp³-hybridized carbons (Fsp3) is 0.267. The summed E-state index contributed by atoms with van der Waals surface area (Å²) in [6, 6.07) is 6.87. The van der Waals surface area contributed by atoms with E-state index in [9.17, 15) is 4.79 Å². The number of anilines is 1. The van der Waals surface area contributed by atoms with Crippen LogP contribution in [0.15, 0.2) is 28.7 Å². The number of nitrogens with one attached hydrogen (secondary N) is 1. The molecule has 0 aliphatic heterocycles. The third kappa shape index (κ3) is 3.28. The number of benzene rings is 1. The molecule has 22 heavy (non-hydrogen) atoms. The van der Waals surface area contributed by atoms with Crippen molar-refractivity contribution in [2.24, 2.45) is 5.92 Å². The smallest absolute Gasteiger partial charge is 0.293 e. The number of carbonyl (C=O) groups is 1. The highest BCUT2D eigenvalue weighted by Crippen LogP contribution is 2.24. The van der Waals surface area contributed by atoms with Gasteiger partial charge in [0.05, 0.1) is 0 Å². The summed E-state index contributed by atoms with van der Waals surface area (Å²) in [6.45, 7) is 4.22. The van der Waals surface area contributed by atoms with Crippen LogP contribution in [0.1, 0.15) is 29.4 Å². The number of nitrogens with zero attached hydrogens (tertiary/aromatic N) is 2. The first-order valence-electron chi connectivity index (χ1n) is 6.84. The summed E-state index contributed by atoms with van der Waals surface area (Å²) in [7, 11) is 0. The van der Waals surface area contributed by atoms with Crippen molar-refractivity contribution in [2.45, 2.75) is 20.3 Å². The second-order valence-corrected chi connectivity index (χ2v) is 6.84. The monoisotopic (exact) mass is 335 g/mol. The van der Waals surface area contributed by atoms with Gasteiger partial charge in [0, 0.05) is 16.8 Å². The molecule has 5 nitrogen and oxygen atoms in total. The normalized spacial score (nSPS) is 11.3. The van der Waals surface area contributed by atoms with Gasteiger partial charge < -0.3 is 4.42 Å². The van der Waals surface area contributed by atoms with Crippen molar-refractivity contribution in [1.82, 2.24) is 10.2 Å². The molecule has 0 radical (unpaired) electrons. The summed E-state index contributed by atoms with van der Waals surface area (Å²) in [4.78, 5) is 12.2. The standard InChI is InChI=1S/C15H14ClN3O2S/c1-8(2)5-13-18-19-15(22-13)17-14(20)12-7-9-6-10(16)3-4-11(9)21-12/h3-4,6-8H,5H2,1-2H3,(H,17,19,20). The predicted molar refractivity (Wildman–Crippen MR) is 87.6 cm³/mol. The van der Waals surface area contributed by atoms with Gasteiger partial charge in [-0.15, -0.1) is 10.2 Å². The number of hydrogen-bond donors (Lipinski definition) is 1. The van der Waals surface area contributed by atoms with Gasteiger partial charge in [0.1, 0.15) is 10.6 Å². The van der Waals surface area contributed by atoms with Crippen molar-refractivity contribution in [1.29, 1.82) is 0 Å². The maximum Gasteiger partial charge on any atom is 0.293 e. The molecule has 0 bridgehead atoms. The van der Waals surface area contributed by atoms with Crippen molar-refractivity contribution < 1.29 is 9.21 Å². The number of fused-ring (bicyclic) bond motifs is 1. The number of aromatic nitrogens is 2. The molecule has 0 aliphatic rings. The first-order valence-corrected chi connectivity index (χ1v) is 8.03. The molecule has 0 fully saturated rings. The van der Waals surface area contributed by atoms with Crippen LogP contribution in [0, 0.1) is 5.92 Å². The van der Waals surface area contributed by atoms with Crippen LogP contribution in [0.5, 0.6) is 0 Å². The summed E-state index contributed by atoms with van der Waals surface area (Å²) >= 11 is 7.30. The Morgan fingerprint density at radius 1 is 1.36 bits per heavy atom. The van der Waals surface area contributed by atoms with Crippen LogP contribution >= 0.6 is 22.9 Å². The SMILES string of the molecule is CC(C)Cc1nnc(NC(=O)c2cc3cc(Cl)ccc3o2)s1. The highest BCUT2D eigenvalue weighted by Gasteiger charge is 2.15. The highest BCUT2D eigenvalue weighted by atomic mass is 35.5. The Morgan fingerprint density at radius 3 is 2.95 bits per heavy atom. The summed E-state index contributed by atoms with van der Waals surface area (Å²) in [5.74, 6) is 0.370. The van der Waals surface area contributed by atoms with Crippen molar-refractivity contribution in [3.63, 3.8) is 0 Å². The number of furan rings is 1. The van der Waals surface area contributed by atoms with E-state index in [1.165, 1.54) is 11.3 Å². The van der Waals surface area contributed by atoms with E-state index in [1.54, 1.807) is 24.3 Å². The Kier molecular flexibility index (Phi) is 4.13. The second kappa shape index (κ2) is 6.06. The molecule has 1 N–H and O–H groups in total. The number of rotatable bonds is 4. The van der Waals surface area contributed by atoms with Gasteiger partial charge >= 0.3 is 0 Å². The predicted octanol–water partition coefficient (Wildman–Crippen LogP) is 4.39. The van der Waals surface area contributed by atoms with Crippen LogP contribution in [0.4, 0.5) is 5.13 Å². The molecule has 0 spiro atoms. The molecule has 1 aromatic carbocycles. The van der Waals surface area contributed by atoms with Crippen LogP contribution in [0.2, 0.25) is 5.02 Å². The van der Waals surface area contributed by atoms with E-state index in [1.807, 2.05) is 0 Å². The Balaban J connectivity index is 1.76. The van der Waals surface area contributed by atoms with Crippen LogP contribution in [-0.2, 0) is 6.42 Å². The zero-order valence-corrected chi connectivity index (χ0v) is 13.7. The fourth-order valence-electron chi connectivity index (χ4n) is 2.02. The Bertz CT molecular complexity index is 825. The molecule has 2 aromatic heterocycles. The first kappa shape index (κ1) is 15.0. The van der Waals surface area contributed by atoms with E-state index in [0.717, 1.165) is 16.8 Å². The molecule has 3 rings (SSSR count). The van der Waals surface area contributed by atoms with Crippen LogP contribution < -0.4 is 5.32 Å². The molecule has 114 valence electrons. The van der Waals surface area contributed by atoms with Gasteiger partial charge in [-0.05, 0) is 30.2 Å². The third-order valence-corrected chi connectivity index (χ3v) is 4.07. The second-order valence-electron chi connectivity index (χ2n) is 5.35. The lowest BCUT2D eigenvalue weighted by atomic mass is 10.1. The average molecular weight is 336 g/mol. The molecule has 2 heterocycles. The molecule has 7 heteroatoms. The lowest BCUT2D eigenvalue weighted by Crippen LogP contribution is -2.10. The fourth-order valence-corrected chi connectivity index (χ4v) is 3.15. The maximum atomic E-state index is 12.2. The quantitative estimate of drug-likeness (QED) is 0.767. The number of halogens is 1. The minimum atomic E-state index is -0.348. The van der Waals surface area contributed by atoms with Crippen LogP contribution in [0.25, 0.3) is 11.0 Å². The van der Waals surface area contributed by atoms with Gasteiger partial charge in [-0.3, -0.25) is 10.1 Å². The number of amides is 1.